The maximum Gasteiger partial charge on any atom is 0.358 e. The molecule has 1 fully saturated rings. The molecule has 1 N–H and O–H groups in total. The topological polar surface area (TPSA) is 93.5 Å². The van der Waals surface area contributed by atoms with Crippen molar-refractivity contribution in [1.29, 1.82) is 0 Å². The zero-order valence-electron chi connectivity index (χ0n) is 19.6. The van der Waals surface area contributed by atoms with Gasteiger partial charge in [-0.05, 0) is 39.2 Å². The van der Waals surface area contributed by atoms with Crippen LogP contribution in [0.1, 0.15) is 78.1 Å². The number of rotatable bonds is 6. The molecular formula is C25H32N4O4. The van der Waals surface area contributed by atoms with Gasteiger partial charge in [0.15, 0.2) is 5.69 Å². The van der Waals surface area contributed by atoms with Crippen LogP contribution in [-0.2, 0) is 22.6 Å². The van der Waals surface area contributed by atoms with E-state index in [1.807, 2.05) is 31.2 Å². The van der Waals surface area contributed by atoms with E-state index in [1.165, 1.54) is 17.2 Å². The molecule has 2 aliphatic rings. The first-order valence-corrected chi connectivity index (χ1v) is 11.8. The highest BCUT2D eigenvalue weighted by Gasteiger charge is 2.48. The Hall–Kier alpha value is -3.16. The van der Waals surface area contributed by atoms with Crippen LogP contribution in [-0.4, -0.2) is 50.7 Å². The molecule has 0 saturated heterocycles. The molecule has 1 aromatic heterocycles. The summed E-state index contributed by atoms with van der Waals surface area (Å²) in [6.45, 7) is 6.18. The Morgan fingerprint density at radius 1 is 1.18 bits per heavy atom. The van der Waals surface area contributed by atoms with Crippen molar-refractivity contribution in [3.63, 3.8) is 0 Å². The second-order valence-corrected chi connectivity index (χ2v) is 9.25. The van der Waals surface area contributed by atoms with Gasteiger partial charge in [-0.3, -0.25) is 14.3 Å². The van der Waals surface area contributed by atoms with E-state index in [9.17, 15) is 14.4 Å². The van der Waals surface area contributed by atoms with E-state index in [1.54, 1.807) is 18.7 Å². The lowest BCUT2D eigenvalue weighted by molar-refractivity contribution is -0.134. The number of nitrogens with zero attached hydrogens (tertiary/aromatic N) is 3. The summed E-state index contributed by atoms with van der Waals surface area (Å²) in [6, 6.07) is 9.50. The van der Waals surface area contributed by atoms with Crippen LogP contribution in [0.15, 0.2) is 30.3 Å². The first-order chi connectivity index (χ1) is 15.8. The van der Waals surface area contributed by atoms with E-state index in [0.29, 0.717) is 0 Å². The maximum absolute atomic E-state index is 13.6. The Kier molecular flexibility index (Phi) is 6.54. The predicted octanol–water partition coefficient (Wildman–Crippen LogP) is 3.23. The minimum atomic E-state index is -1.15. The molecule has 0 bridgehead atoms. The molecule has 1 aliphatic heterocycles. The number of amides is 2. The minimum Gasteiger partial charge on any atom is -0.461 e. The van der Waals surface area contributed by atoms with Crippen LogP contribution < -0.4 is 5.32 Å². The van der Waals surface area contributed by atoms with Gasteiger partial charge in [-0.1, -0.05) is 49.1 Å². The van der Waals surface area contributed by atoms with Gasteiger partial charge in [-0.25, -0.2) is 4.79 Å². The molecule has 1 atom stereocenters. The van der Waals surface area contributed by atoms with Crippen molar-refractivity contribution >= 4 is 17.8 Å². The summed E-state index contributed by atoms with van der Waals surface area (Å²) >= 11 is 0. The molecule has 0 radical (unpaired) electrons. The molecule has 8 nitrogen and oxygen atoms in total. The Morgan fingerprint density at radius 3 is 2.55 bits per heavy atom. The number of nitrogens with one attached hydrogen (secondary N) is 1. The fourth-order valence-corrected chi connectivity index (χ4v) is 4.66. The minimum absolute atomic E-state index is 0.0763. The number of hydrogen-bond acceptors (Lipinski definition) is 5. The largest absolute Gasteiger partial charge is 0.461 e. The average Bonchev–Trinajstić information content (AvgIpc) is 3.23. The molecule has 4 rings (SSSR count). The Balaban J connectivity index is 1.68. The fraction of sp³-hybridized carbons (Fsp3) is 0.520. The summed E-state index contributed by atoms with van der Waals surface area (Å²) in [7, 11) is 0. The Bertz CT molecular complexity index is 1040. The first kappa shape index (κ1) is 23.0. The molecule has 2 aromatic rings. The Labute approximate surface area is 194 Å². The number of ether oxygens (including phenoxy) is 1. The lowest BCUT2D eigenvalue weighted by Gasteiger charge is -2.44. The highest BCUT2D eigenvalue weighted by molar-refractivity contribution is 6.01. The van der Waals surface area contributed by atoms with Crippen molar-refractivity contribution in [3.05, 3.63) is 52.8 Å². The number of hydrogen-bond donors (Lipinski definition) is 1. The fourth-order valence-electron chi connectivity index (χ4n) is 4.66. The molecule has 8 heteroatoms. The zero-order valence-corrected chi connectivity index (χ0v) is 19.6. The molecule has 1 saturated carbocycles. The van der Waals surface area contributed by atoms with Crippen LogP contribution in [0.5, 0.6) is 0 Å². The lowest BCUT2D eigenvalue weighted by atomic mass is 9.91. The quantitative estimate of drug-likeness (QED) is 0.679. The summed E-state index contributed by atoms with van der Waals surface area (Å²) in [5.74, 6) is -1.09. The summed E-state index contributed by atoms with van der Waals surface area (Å²) in [4.78, 5) is 41.1. The van der Waals surface area contributed by atoms with Gasteiger partial charge >= 0.3 is 5.97 Å². The van der Waals surface area contributed by atoms with Gasteiger partial charge in [0.1, 0.15) is 11.2 Å². The summed E-state index contributed by atoms with van der Waals surface area (Å²) in [6.07, 6.45) is 5.29. The molecule has 2 amide bonds. The van der Waals surface area contributed by atoms with Crippen LogP contribution in [0.25, 0.3) is 0 Å². The molecule has 1 aliphatic carbocycles. The van der Waals surface area contributed by atoms with Crippen LogP contribution >= 0.6 is 0 Å². The van der Waals surface area contributed by atoms with E-state index in [4.69, 9.17) is 4.74 Å². The van der Waals surface area contributed by atoms with Crippen molar-refractivity contribution in [2.45, 2.75) is 77.5 Å². The van der Waals surface area contributed by atoms with Gasteiger partial charge in [-0.2, -0.15) is 5.10 Å². The molecule has 2 heterocycles. The van der Waals surface area contributed by atoms with Gasteiger partial charge < -0.3 is 15.0 Å². The third-order valence-electron chi connectivity index (χ3n) is 6.67. The normalized spacial score (nSPS) is 20.9. The zero-order chi connectivity index (χ0) is 23.6. The van der Waals surface area contributed by atoms with Gasteiger partial charge in [0, 0.05) is 18.7 Å². The Morgan fingerprint density at radius 2 is 1.88 bits per heavy atom. The van der Waals surface area contributed by atoms with Crippen LogP contribution in [0.4, 0.5) is 0 Å². The molecule has 33 heavy (non-hydrogen) atoms. The van der Waals surface area contributed by atoms with Crippen molar-refractivity contribution in [1.82, 2.24) is 20.0 Å². The second-order valence-electron chi connectivity index (χ2n) is 9.25. The van der Waals surface area contributed by atoms with Gasteiger partial charge in [0.25, 0.3) is 5.91 Å². The third kappa shape index (κ3) is 4.65. The predicted molar refractivity (Wildman–Crippen MR) is 123 cm³/mol. The highest BCUT2D eigenvalue weighted by atomic mass is 16.5. The maximum atomic E-state index is 13.6. The van der Waals surface area contributed by atoms with E-state index in [0.717, 1.165) is 36.8 Å². The first-order valence-electron chi connectivity index (χ1n) is 11.8. The van der Waals surface area contributed by atoms with Crippen molar-refractivity contribution in [2.75, 3.05) is 6.61 Å². The standard InChI is InChI=1S/C25H32N4O4/c1-4-33-23(31)20-14-21-22(30)28(15-18-12-10-17(2)11-13-18)25(3,16-29(21)27-20)24(32)26-19-8-6-5-7-9-19/h10-14,19H,4-9,15-16H2,1-3H3,(H,26,32). The molecule has 0 spiro atoms. The van der Waals surface area contributed by atoms with Crippen molar-refractivity contribution in [3.8, 4) is 0 Å². The number of fused-ring (bicyclic) bond motifs is 1. The number of aryl methyl sites for hydroxylation is 1. The van der Waals surface area contributed by atoms with E-state index in [-0.39, 0.29) is 48.9 Å². The van der Waals surface area contributed by atoms with Crippen molar-refractivity contribution < 1.29 is 19.1 Å². The van der Waals surface area contributed by atoms with Crippen LogP contribution in [0, 0.1) is 6.92 Å². The summed E-state index contributed by atoms with van der Waals surface area (Å²) < 4.78 is 6.53. The number of esters is 1. The van der Waals surface area contributed by atoms with E-state index in [2.05, 4.69) is 10.4 Å². The number of benzene rings is 1. The molecule has 176 valence electrons. The average molecular weight is 453 g/mol. The lowest BCUT2D eigenvalue weighted by Crippen LogP contribution is -2.64. The summed E-state index contributed by atoms with van der Waals surface area (Å²) in [5.41, 5.74) is 1.27. The van der Waals surface area contributed by atoms with E-state index < -0.39 is 11.5 Å². The van der Waals surface area contributed by atoms with Crippen LogP contribution in [0.3, 0.4) is 0 Å². The van der Waals surface area contributed by atoms with Crippen molar-refractivity contribution in [2.24, 2.45) is 0 Å². The second kappa shape index (κ2) is 9.37. The number of carbonyl (C=O) groups is 3. The van der Waals surface area contributed by atoms with E-state index >= 15 is 0 Å². The third-order valence-corrected chi connectivity index (χ3v) is 6.67. The smallest absolute Gasteiger partial charge is 0.358 e. The highest BCUT2D eigenvalue weighted by Crippen LogP contribution is 2.30. The van der Waals surface area contributed by atoms with Gasteiger partial charge in [-0.15, -0.1) is 0 Å². The molecule has 1 unspecified atom stereocenters. The van der Waals surface area contributed by atoms with Gasteiger partial charge in [0.2, 0.25) is 5.91 Å². The monoisotopic (exact) mass is 452 g/mol. The molecule has 1 aromatic carbocycles. The number of carbonyl (C=O) groups excluding carboxylic acids is 3. The summed E-state index contributed by atoms with van der Waals surface area (Å²) in [5, 5.41) is 7.50. The molecular weight excluding hydrogens is 420 g/mol. The van der Waals surface area contributed by atoms with Gasteiger partial charge in [0.05, 0.1) is 13.2 Å². The van der Waals surface area contributed by atoms with Crippen LogP contribution in [0.2, 0.25) is 0 Å². The number of aromatic nitrogens is 2. The SMILES string of the molecule is CCOC(=O)c1cc2n(n1)CC(C)(C(=O)NC1CCCCC1)N(Cc1ccc(C)cc1)C2=O.